The highest BCUT2D eigenvalue weighted by Crippen LogP contribution is 2.20. The quantitative estimate of drug-likeness (QED) is 0.376. The van der Waals surface area contributed by atoms with Gasteiger partial charge in [-0.05, 0) is 41.2 Å². The molecule has 0 aliphatic rings. The highest BCUT2D eigenvalue weighted by molar-refractivity contribution is 6.08. The van der Waals surface area contributed by atoms with E-state index in [-0.39, 0.29) is 5.78 Å². The highest BCUT2D eigenvalue weighted by Gasteiger charge is 2.08. The number of carbonyl (C=O) groups is 1. The van der Waals surface area contributed by atoms with Crippen molar-refractivity contribution in [2.75, 3.05) is 0 Å². The number of hydrogen-bond acceptors (Lipinski definition) is 1. The third kappa shape index (κ3) is 3.98. The Morgan fingerprint density at radius 3 is 2.07 bits per heavy atom. The topological polar surface area (TPSA) is 17.1 Å². The molecule has 132 valence electrons. The average molecular weight is 350 g/mol. The molecule has 4 aromatic carbocycles. The first-order valence-electron chi connectivity index (χ1n) is 9.46. The van der Waals surface area contributed by atoms with E-state index >= 15 is 0 Å². The summed E-state index contributed by atoms with van der Waals surface area (Å²) < 4.78 is 0. The number of carbonyl (C=O) groups excluding carboxylic acids is 1. The van der Waals surface area contributed by atoms with Crippen molar-refractivity contribution in [3.05, 3.63) is 119 Å². The van der Waals surface area contributed by atoms with Crippen LogP contribution in [-0.4, -0.2) is 5.78 Å². The van der Waals surface area contributed by atoms with Crippen LogP contribution in [-0.2, 0) is 12.8 Å². The van der Waals surface area contributed by atoms with Gasteiger partial charge in [0.25, 0.3) is 0 Å². The Balaban J connectivity index is 1.40. The second kappa shape index (κ2) is 8.01. The van der Waals surface area contributed by atoms with Gasteiger partial charge in [-0.25, -0.2) is 0 Å². The molecule has 1 nitrogen and oxygen atoms in total. The van der Waals surface area contributed by atoms with E-state index in [9.17, 15) is 4.79 Å². The van der Waals surface area contributed by atoms with Gasteiger partial charge >= 0.3 is 0 Å². The number of ketones is 1. The fourth-order valence-corrected chi connectivity index (χ4v) is 3.57. The monoisotopic (exact) mass is 350 g/mol. The normalized spacial score (nSPS) is 10.8. The lowest BCUT2D eigenvalue weighted by Gasteiger charge is -2.07. The van der Waals surface area contributed by atoms with E-state index in [1.165, 1.54) is 21.9 Å². The molecule has 4 rings (SSSR count). The maximum Gasteiger partial charge on any atom is 0.193 e. The summed E-state index contributed by atoms with van der Waals surface area (Å²) in [5.41, 5.74) is 4.17. The molecule has 0 bridgehead atoms. The molecule has 0 radical (unpaired) electrons. The summed E-state index contributed by atoms with van der Waals surface area (Å²) in [6, 6.07) is 32.6. The Morgan fingerprint density at radius 1 is 0.593 bits per heavy atom. The number of rotatable bonds is 6. The molecular weight excluding hydrogens is 328 g/mol. The van der Waals surface area contributed by atoms with Crippen molar-refractivity contribution >= 4 is 16.6 Å². The Kier molecular flexibility index (Phi) is 5.11. The first kappa shape index (κ1) is 17.2. The lowest BCUT2D eigenvalue weighted by Crippen LogP contribution is -2.01. The summed E-state index contributed by atoms with van der Waals surface area (Å²) in [7, 11) is 0. The zero-order chi connectivity index (χ0) is 18.5. The molecule has 4 aromatic rings. The molecule has 0 saturated carbocycles. The van der Waals surface area contributed by atoms with Gasteiger partial charge in [-0.3, -0.25) is 4.79 Å². The zero-order valence-corrected chi connectivity index (χ0v) is 15.3. The van der Waals surface area contributed by atoms with Crippen LogP contribution in [0.15, 0.2) is 97.1 Å². The molecular formula is C26H22O. The molecule has 0 aliphatic heterocycles. The summed E-state index contributed by atoms with van der Waals surface area (Å²) >= 11 is 0. The lowest BCUT2D eigenvalue weighted by molar-refractivity contribution is 0.103. The van der Waals surface area contributed by atoms with Crippen LogP contribution < -0.4 is 0 Å². The maximum atomic E-state index is 12.5. The smallest absolute Gasteiger partial charge is 0.193 e. The van der Waals surface area contributed by atoms with Crippen molar-refractivity contribution in [1.82, 2.24) is 0 Å². The van der Waals surface area contributed by atoms with Crippen LogP contribution in [0.3, 0.4) is 0 Å². The van der Waals surface area contributed by atoms with Gasteiger partial charge in [0.1, 0.15) is 0 Å². The maximum absolute atomic E-state index is 12.5. The number of benzene rings is 4. The van der Waals surface area contributed by atoms with Crippen molar-refractivity contribution < 1.29 is 4.79 Å². The van der Waals surface area contributed by atoms with Gasteiger partial charge in [0.15, 0.2) is 5.78 Å². The Labute approximate surface area is 160 Å². The molecule has 0 atom stereocenters. The van der Waals surface area contributed by atoms with Crippen LogP contribution in [0.2, 0.25) is 0 Å². The molecule has 0 amide bonds. The van der Waals surface area contributed by atoms with Gasteiger partial charge in [-0.1, -0.05) is 97.1 Å². The van der Waals surface area contributed by atoms with Gasteiger partial charge in [0, 0.05) is 11.1 Å². The number of hydrogen-bond donors (Lipinski definition) is 0. The van der Waals surface area contributed by atoms with Crippen molar-refractivity contribution in [3.63, 3.8) is 0 Å². The molecule has 0 saturated heterocycles. The predicted octanol–water partition coefficient (Wildman–Crippen LogP) is 6.25. The first-order valence-corrected chi connectivity index (χ1v) is 9.46. The summed E-state index contributed by atoms with van der Waals surface area (Å²) in [5, 5.41) is 2.66. The lowest BCUT2D eigenvalue weighted by atomic mass is 9.97. The Hall–Kier alpha value is -3.19. The Morgan fingerprint density at radius 2 is 1.26 bits per heavy atom. The zero-order valence-electron chi connectivity index (χ0n) is 15.3. The minimum absolute atomic E-state index is 0.0814. The highest BCUT2D eigenvalue weighted by atomic mass is 16.1. The van der Waals surface area contributed by atoms with Gasteiger partial charge in [-0.2, -0.15) is 0 Å². The van der Waals surface area contributed by atoms with E-state index in [0.717, 1.165) is 30.4 Å². The number of fused-ring (bicyclic) bond motifs is 1. The average Bonchev–Trinajstić information content (AvgIpc) is 2.74. The minimum atomic E-state index is 0.0814. The summed E-state index contributed by atoms with van der Waals surface area (Å²) in [4.78, 5) is 12.5. The Bertz CT molecular complexity index is 1040. The van der Waals surface area contributed by atoms with Crippen LogP contribution in [0.1, 0.15) is 33.5 Å². The van der Waals surface area contributed by atoms with E-state index in [0.29, 0.717) is 0 Å². The van der Waals surface area contributed by atoms with Crippen molar-refractivity contribution in [2.45, 2.75) is 19.3 Å². The van der Waals surface area contributed by atoms with Crippen LogP contribution in [0.5, 0.6) is 0 Å². The van der Waals surface area contributed by atoms with Crippen LogP contribution >= 0.6 is 0 Å². The molecule has 0 heterocycles. The van der Waals surface area contributed by atoms with Crippen molar-refractivity contribution in [1.29, 1.82) is 0 Å². The molecule has 1 heteroatoms. The molecule has 0 fully saturated rings. The second-order valence-corrected chi connectivity index (χ2v) is 6.88. The van der Waals surface area contributed by atoms with Gasteiger partial charge < -0.3 is 0 Å². The fraction of sp³-hybridized carbons (Fsp3) is 0.115. The predicted molar refractivity (Wildman–Crippen MR) is 112 cm³/mol. The summed E-state index contributed by atoms with van der Waals surface area (Å²) in [5.74, 6) is 0.0814. The van der Waals surface area contributed by atoms with E-state index in [2.05, 4.69) is 54.6 Å². The van der Waals surface area contributed by atoms with E-state index in [1.54, 1.807) is 0 Å². The van der Waals surface area contributed by atoms with Crippen molar-refractivity contribution in [2.24, 2.45) is 0 Å². The molecule has 0 spiro atoms. The van der Waals surface area contributed by atoms with Crippen LogP contribution in [0, 0.1) is 0 Å². The van der Waals surface area contributed by atoms with Crippen LogP contribution in [0.25, 0.3) is 10.8 Å². The molecule has 0 N–H and O–H groups in total. The van der Waals surface area contributed by atoms with E-state index in [4.69, 9.17) is 0 Å². The van der Waals surface area contributed by atoms with Crippen LogP contribution in [0.4, 0.5) is 0 Å². The summed E-state index contributed by atoms with van der Waals surface area (Å²) in [6.45, 7) is 0. The SMILES string of the molecule is O=C(c1ccccc1)c1ccc(CCCc2cccc3ccccc23)cc1. The molecule has 27 heavy (non-hydrogen) atoms. The first-order chi connectivity index (χ1) is 13.3. The molecule has 0 aliphatic carbocycles. The van der Waals surface area contributed by atoms with Crippen molar-refractivity contribution in [3.8, 4) is 0 Å². The minimum Gasteiger partial charge on any atom is -0.289 e. The molecule has 0 aromatic heterocycles. The largest absolute Gasteiger partial charge is 0.289 e. The number of aryl methyl sites for hydroxylation is 2. The third-order valence-corrected chi connectivity index (χ3v) is 5.04. The standard InChI is InChI=1S/C26H22O/c27-26(23-10-2-1-3-11-23)24-18-16-20(17-19-24)8-6-12-22-14-7-13-21-9-4-5-15-25(21)22/h1-5,7,9-11,13-19H,6,8,12H2. The summed E-state index contributed by atoms with van der Waals surface area (Å²) in [6.07, 6.45) is 3.18. The van der Waals surface area contributed by atoms with Gasteiger partial charge in [-0.15, -0.1) is 0 Å². The third-order valence-electron chi connectivity index (χ3n) is 5.04. The molecule has 0 unspecified atom stereocenters. The fourth-order valence-electron chi connectivity index (χ4n) is 3.57. The van der Waals surface area contributed by atoms with E-state index in [1.807, 2.05) is 42.5 Å². The van der Waals surface area contributed by atoms with Gasteiger partial charge in [0.2, 0.25) is 0 Å². The van der Waals surface area contributed by atoms with Gasteiger partial charge in [0.05, 0.1) is 0 Å². The second-order valence-electron chi connectivity index (χ2n) is 6.88. The van der Waals surface area contributed by atoms with E-state index < -0.39 is 0 Å².